The molecule has 10 heteroatoms. The molecule has 1 aliphatic carbocycles. The van der Waals surface area contributed by atoms with Gasteiger partial charge in [0.1, 0.15) is 14.9 Å². The fourth-order valence-corrected chi connectivity index (χ4v) is 4.43. The van der Waals surface area contributed by atoms with Gasteiger partial charge >= 0.3 is 11.9 Å². The van der Waals surface area contributed by atoms with Crippen molar-refractivity contribution in [2.75, 3.05) is 17.3 Å². The number of alkyl halides is 3. The predicted molar refractivity (Wildman–Crippen MR) is 122 cm³/mol. The van der Waals surface area contributed by atoms with Gasteiger partial charge in [-0.15, -0.1) is 0 Å². The van der Waals surface area contributed by atoms with Crippen molar-refractivity contribution >= 4 is 88.6 Å². The number of halogens is 5. The van der Waals surface area contributed by atoms with Crippen molar-refractivity contribution in [3.63, 3.8) is 0 Å². The Morgan fingerprint density at radius 2 is 1.89 bits per heavy atom. The summed E-state index contributed by atoms with van der Waals surface area (Å²) in [5, 5.41) is 4.57. The van der Waals surface area contributed by atoms with Crippen LogP contribution in [0.4, 0.5) is 5.69 Å². The molecule has 0 aromatic heterocycles. The van der Waals surface area contributed by atoms with Gasteiger partial charge in [-0.2, -0.15) is 0 Å². The molecule has 0 radical (unpaired) electrons. The molecule has 1 aromatic carbocycles. The summed E-state index contributed by atoms with van der Waals surface area (Å²) in [6.45, 7) is 0.729. The summed E-state index contributed by atoms with van der Waals surface area (Å²) >= 11 is 23.5. The van der Waals surface area contributed by atoms with Crippen LogP contribution in [-0.2, 0) is 19.1 Å². The van der Waals surface area contributed by atoms with Crippen molar-refractivity contribution < 1.29 is 19.1 Å². The summed E-state index contributed by atoms with van der Waals surface area (Å²) in [5.41, 5.74) is -0.553. The Morgan fingerprint density at radius 1 is 1.25 bits per heavy atom. The first kappa shape index (κ1) is 23.7. The van der Waals surface area contributed by atoms with Crippen molar-refractivity contribution in [1.29, 1.82) is 0 Å². The minimum Gasteiger partial charge on any atom is -0.454 e. The number of hydrogen-bond donors (Lipinski definition) is 1. The van der Waals surface area contributed by atoms with Crippen LogP contribution >= 0.6 is 71.0 Å². The second kappa shape index (κ2) is 9.98. The zero-order valence-corrected chi connectivity index (χ0v) is 20.8. The molecular formula is C18H16Br3Cl2NO4. The maximum Gasteiger partial charge on any atom is 0.344 e. The normalized spacial score (nSPS) is 21.3. The van der Waals surface area contributed by atoms with E-state index in [1.807, 2.05) is 12.2 Å². The fraction of sp³-hybridized carbons (Fsp3) is 0.333. The Labute approximate surface area is 198 Å². The maximum atomic E-state index is 12.2. The lowest BCUT2D eigenvalue weighted by molar-refractivity contribution is -0.161. The molecule has 0 bridgehead atoms. The van der Waals surface area contributed by atoms with E-state index < -0.39 is 33.4 Å². The molecule has 1 aromatic rings. The van der Waals surface area contributed by atoms with Gasteiger partial charge in [0.2, 0.25) is 0 Å². The Hall–Kier alpha value is -0.540. The van der Waals surface area contributed by atoms with E-state index in [1.165, 1.54) is 6.92 Å². The topological polar surface area (TPSA) is 64.6 Å². The van der Waals surface area contributed by atoms with Gasteiger partial charge in [-0.1, -0.05) is 95.3 Å². The predicted octanol–water partition coefficient (Wildman–Crippen LogP) is 5.63. The summed E-state index contributed by atoms with van der Waals surface area (Å²) in [6, 6.07) is 5.13. The van der Waals surface area contributed by atoms with Gasteiger partial charge in [0.25, 0.3) is 0 Å². The van der Waals surface area contributed by atoms with Crippen LogP contribution in [0.25, 0.3) is 0 Å². The summed E-state index contributed by atoms with van der Waals surface area (Å²) in [7, 11) is 0. The van der Waals surface area contributed by atoms with Crippen LogP contribution in [0.3, 0.4) is 0 Å². The molecular weight excluding hydrogens is 605 g/mol. The molecule has 0 saturated carbocycles. The number of allylic oxidation sites excluding steroid dienone is 2. The molecule has 0 aliphatic heterocycles. The van der Waals surface area contributed by atoms with E-state index in [0.29, 0.717) is 21.1 Å². The van der Waals surface area contributed by atoms with E-state index in [4.69, 9.17) is 32.7 Å². The Kier molecular flexibility index (Phi) is 8.46. The molecule has 28 heavy (non-hydrogen) atoms. The minimum absolute atomic E-state index is 0.408. The van der Waals surface area contributed by atoms with Crippen LogP contribution in [0.1, 0.15) is 6.92 Å². The molecule has 2 atom stereocenters. The largest absolute Gasteiger partial charge is 0.454 e. The summed E-state index contributed by atoms with van der Waals surface area (Å²) < 4.78 is 9.53. The zero-order valence-electron chi connectivity index (χ0n) is 14.6. The third-order valence-corrected chi connectivity index (χ3v) is 8.77. The average molecular weight is 621 g/mol. The van der Waals surface area contributed by atoms with Crippen LogP contribution in [0.2, 0.25) is 10.0 Å². The Balaban J connectivity index is 2.44. The molecule has 2 unspecified atom stereocenters. The van der Waals surface area contributed by atoms with E-state index in [1.54, 1.807) is 30.4 Å². The first-order valence-corrected chi connectivity index (χ1v) is 11.4. The lowest BCUT2D eigenvalue weighted by Gasteiger charge is -2.47. The summed E-state index contributed by atoms with van der Waals surface area (Å²) in [6.07, 6.45) is 6.32. The van der Waals surface area contributed by atoms with Gasteiger partial charge in [0.05, 0.1) is 15.7 Å². The van der Waals surface area contributed by atoms with Crippen molar-refractivity contribution in [3.8, 4) is 0 Å². The van der Waals surface area contributed by atoms with Crippen molar-refractivity contribution in [1.82, 2.24) is 0 Å². The number of nitrogens with one attached hydrogen (secondary N) is 1. The van der Waals surface area contributed by atoms with Crippen molar-refractivity contribution in [2.45, 2.75) is 21.8 Å². The van der Waals surface area contributed by atoms with E-state index >= 15 is 0 Å². The minimum atomic E-state index is -1.04. The molecule has 0 fully saturated rings. The number of benzene rings is 1. The van der Waals surface area contributed by atoms with Gasteiger partial charge in [0, 0.05) is 12.3 Å². The molecule has 0 spiro atoms. The van der Waals surface area contributed by atoms with Crippen LogP contribution in [0, 0.1) is 0 Å². The number of para-hydroxylation sites is 1. The molecule has 1 aliphatic rings. The number of carbonyl (C=O) groups excluding carboxylic acids is 2. The lowest BCUT2D eigenvalue weighted by Crippen LogP contribution is -2.61. The summed E-state index contributed by atoms with van der Waals surface area (Å²) in [5.74, 6) is -1.26. The average Bonchev–Trinajstić information content (AvgIpc) is 2.64. The van der Waals surface area contributed by atoms with Gasteiger partial charge in [0.15, 0.2) is 6.61 Å². The highest BCUT2D eigenvalue weighted by Gasteiger charge is 2.54. The van der Waals surface area contributed by atoms with Crippen LogP contribution < -0.4 is 5.32 Å². The first-order chi connectivity index (χ1) is 13.1. The lowest BCUT2D eigenvalue weighted by atomic mass is 9.84. The highest BCUT2D eigenvalue weighted by atomic mass is 79.9. The van der Waals surface area contributed by atoms with Crippen molar-refractivity contribution in [3.05, 3.63) is 52.5 Å². The number of ether oxygens (including phenoxy) is 2. The monoisotopic (exact) mass is 617 g/mol. The molecule has 2 rings (SSSR count). The quantitative estimate of drug-likeness (QED) is 0.317. The Bertz CT molecular complexity index is 796. The van der Waals surface area contributed by atoms with Crippen LogP contribution in [-0.4, -0.2) is 38.8 Å². The number of esters is 2. The van der Waals surface area contributed by atoms with E-state index in [0.717, 1.165) is 0 Å². The van der Waals surface area contributed by atoms with Gasteiger partial charge in [-0.05, 0) is 18.2 Å². The molecule has 152 valence electrons. The number of rotatable bonds is 7. The molecule has 0 amide bonds. The first-order valence-electron chi connectivity index (χ1n) is 7.98. The van der Waals surface area contributed by atoms with Crippen molar-refractivity contribution in [2.24, 2.45) is 0 Å². The van der Waals surface area contributed by atoms with E-state index in [-0.39, 0.29) is 0 Å². The van der Waals surface area contributed by atoms with Crippen LogP contribution in [0.5, 0.6) is 0 Å². The zero-order chi connectivity index (χ0) is 20.9. The highest BCUT2D eigenvalue weighted by molar-refractivity contribution is 9.26. The second-order valence-electron chi connectivity index (χ2n) is 5.86. The standard InChI is InChI=1S/C18H16Br3Cl2NO4/c1-11(25)27-9-15(26)28-14-7-2-3-8-17(14,18(20,21)10-19)24-16-12(22)5-4-6-13(16)23/h2-8,14,24H,9-10H2,1H3. The SMILES string of the molecule is CC(=O)OCC(=O)OC1C=CC=CC1(Nc1c(Cl)cccc1Cl)C(Br)(Br)CBr. The third-order valence-electron chi connectivity index (χ3n) is 3.92. The Morgan fingerprint density at radius 3 is 2.46 bits per heavy atom. The molecule has 1 N–H and O–H groups in total. The third kappa shape index (κ3) is 5.33. The molecule has 5 nitrogen and oxygen atoms in total. The fourth-order valence-electron chi connectivity index (χ4n) is 2.56. The highest BCUT2D eigenvalue weighted by Crippen LogP contribution is 2.48. The van der Waals surface area contributed by atoms with Crippen LogP contribution in [0.15, 0.2) is 42.5 Å². The number of carbonyl (C=O) groups is 2. The molecule has 0 saturated heterocycles. The number of anilines is 1. The van der Waals surface area contributed by atoms with E-state index in [2.05, 4.69) is 53.1 Å². The second-order valence-corrected chi connectivity index (χ2v) is 11.0. The maximum absolute atomic E-state index is 12.2. The summed E-state index contributed by atoms with van der Waals surface area (Å²) in [4.78, 5) is 23.2. The molecule has 0 heterocycles. The van der Waals surface area contributed by atoms with Gasteiger partial charge in [-0.25, -0.2) is 4.79 Å². The van der Waals surface area contributed by atoms with Gasteiger partial charge in [-0.3, -0.25) is 4.79 Å². The van der Waals surface area contributed by atoms with E-state index in [9.17, 15) is 9.59 Å². The smallest absolute Gasteiger partial charge is 0.344 e. The number of hydrogen-bond acceptors (Lipinski definition) is 5. The van der Waals surface area contributed by atoms with Gasteiger partial charge < -0.3 is 14.8 Å².